The average molecular weight is 247 g/mol. The van der Waals surface area contributed by atoms with Crippen molar-refractivity contribution in [3.63, 3.8) is 0 Å². The van der Waals surface area contributed by atoms with E-state index in [-0.39, 0.29) is 0 Å². The molecule has 0 saturated heterocycles. The molecule has 0 radical (unpaired) electrons. The lowest BCUT2D eigenvalue weighted by Gasteiger charge is -2.15. The highest BCUT2D eigenvalue weighted by Gasteiger charge is 2.07. The Morgan fingerprint density at radius 3 is 2.89 bits per heavy atom. The summed E-state index contributed by atoms with van der Waals surface area (Å²) in [7, 11) is 4.16. The topological polar surface area (TPSA) is 45.5 Å². The van der Waals surface area contributed by atoms with Gasteiger partial charge >= 0.3 is 0 Å². The second kappa shape index (κ2) is 5.35. The van der Waals surface area contributed by atoms with Gasteiger partial charge in [-0.25, -0.2) is 4.52 Å². The number of hydrogen-bond donors (Lipinski definition) is 1. The molecule has 0 aliphatic carbocycles. The summed E-state index contributed by atoms with van der Waals surface area (Å²) in [6.45, 7) is 5.26. The molecule has 0 bridgehead atoms. The Morgan fingerprint density at radius 1 is 1.39 bits per heavy atom. The first-order chi connectivity index (χ1) is 8.54. The van der Waals surface area contributed by atoms with Crippen LogP contribution >= 0.6 is 0 Å². The molecule has 0 amide bonds. The molecule has 5 heteroatoms. The fourth-order valence-electron chi connectivity index (χ4n) is 1.79. The number of nitrogens with one attached hydrogen (secondary N) is 1. The number of rotatable bonds is 5. The van der Waals surface area contributed by atoms with Gasteiger partial charge in [-0.15, -0.1) is 5.10 Å². The molecule has 1 unspecified atom stereocenters. The molecule has 18 heavy (non-hydrogen) atoms. The molecule has 2 rings (SSSR count). The summed E-state index contributed by atoms with van der Waals surface area (Å²) in [6.07, 6.45) is 3.06. The monoisotopic (exact) mass is 247 g/mol. The zero-order valence-electron chi connectivity index (χ0n) is 11.5. The first kappa shape index (κ1) is 12.8. The van der Waals surface area contributed by atoms with Crippen molar-refractivity contribution in [1.82, 2.24) is 19.5 Å². The first-order valence-corrected chi connectivity index (χ1v) is 6.29. The van der Waals surface area contributed by atoms with Crippen LogP contribution in [-0.2, 0) is 0 Å². The van der Waals surface area contributed by atoms with Crippen LogP contribution in [0.2, 0.25) is 0 Å². The standard InChI is InChI=1S/C13H21N5/c1-10-5-6-12-15-13(16-18(12)9-10)14-11(2)7-8-17(3)4/h5-6,9,11H,7-8H2,1-4H3,(H,14,16). The summed E-state index contributed by atoms with van der Waals surface area (Å²) in [5.41, 5.74) is 2.06. The number of pyridine rings is 1. The van der Waals surface area contributed by atoms with E-state index in [9.17, 15) is 0 Å². The maximum Gasteiger partial charge on any atom is 0.243 e. The Labute approximate surface area is 108 Å². The summed E-state index contributed by atoms with van der Waals surface area (Å²) in [5.74, 6) is 0.701. The summed E-state index contributed by atoms with van der Waals surface area (Å²) in [5, 5.41) is 7.76. The van der Waals surface area contributed by atoms with Gasteiger partial charge in [0.2, 0.25) is 5.95 Å². The maximum absolute atomic E-state index is 4.45. The number of anilines is 1. The third kappa shape index (κ3) is 3.20. The zero-order valence-corrected chi connectivity index (χ0v) is 11.5. The number of aromatic nitrogens is 3. The largest absolute Gasteiger partial charge is 0.350 e. The van der Waals surface area contributed by atoms with E-state index >= 15 is 0 Å². The van der Waals surface area contributed by atoms with Crippen molar-refractivity contribution in [1.29, 1.82) is 0 Å². The molecule has 0 fully saturated rings. The van der Waals surface area contributed by atoms with Crippen molar-refractivity contribution >= 4 is 11.6 Å². The lowest BCUT2D eigenvalue weighted by Crippen LogP contribution is -2.23. The van der Waals surface area contributed by atoms with Crippen LogP contribution in [0.5, 0.6) is 0 Å². The van der Waals surface area contributed by atoms with Gasteiger partial charge in [-0.05, 0) is 52.5 Å². The van der Waals surface area contributed by atoms with Crippen LogP contribution in [0.4, 0.5) is 5.95 Å². The van der Waals surface area contributed by atoms with Crippen LogP contribution in [0.15, 0.2) is 18.3 Å². The molecule has 2 heterocycles. The van der Waals surface area contributed by atoms with E-state index in [1.54, 1.807) is 0 Å². The highest BCUT2D eigenvalue weighted by Crippen LogP contribution is 2.09. The van der Waals surface area contributed by atoms with Gasteiger partial charge < -0.3 is 10.2 Å². The molecule has 0 aromatic carbocycles. The smallest absolute Gasteiger partial charge is 0.243 e. The maximum atomic E-state index is 4.45. The van der Waals surface area contributed by atoms with Gasteiger partial charge in [0.25, 0.3) is 0 Å². The van der Waals surface area contributed by atoms with Crippen LogP contribution in [0.1, 0.15) is 18.9 Å². The highest BCUT2D eigenvalue weighted by atomic mass is 15.3. The molecule has 2 aromatic heterocycles. The van der Waals surface area contributed by atoms with Crippen molar-refractivity contribution in [2.45, 2.75) is 26.3 Å². The Balaban J connectivity index is 2.03. The third-order valence-corrected chi connectivity index (χ3v) is 2.86. The lowest BCUT2D eigenvalue weighted by molar-refractivity contribution is 0.390. The minimum atomic E-state index is 0.367. The third-order valence-electron chi connectivity index (χ3n) is 2.86. The van der Waals surface area contributed by atoms with Gasteiger partial charge in [0, 0.05) is 12.2 Å². The molecule has 2 aromatic rings. The van der Waals surface area contributed by atoms with Gasteiger partial charge in [-0.3, -0.25) is 0 Å². The predicted molar refractivity (Wildman–Crippen MR) is 74.0 cm³/mol. The number of hydrogen-bond acceptors (Lipinski definition) is 4. The number of fused-ring (bicyclic) bond motifs is 1. The van der Waals surface area contributed by atoms with Gasteiger partial charge in [0.1, 0.15) is 0 Å². The molecule has 98 valence electrons. The van der Waals surface area contributed by atoms with Gasteiger partial charge in [-0.2, -0.15) is 4.98 Å². The fourth-order valence-corrected chi connectivity index (χ4v) is 1.79. The number of nitrogens with zero attached hydrogens (tertiary/aromatic N) is 4. The minimum absolute atomic E-state index is 0.367. The quantitative estimate of drug-likeness (QED) is 0.875. The van der Waals surface area contributed by atoms with Crippen molar-refractivity contribution in [3.8, 4) is 0 Å². The van der Waals surface area contributed by atoms with E-state index in [1.165, 1.54) is 5.56 Å². The lowest BCUT2D eigenvalue weighted by atomic mass is 10.2. The van der Waals surface area contributed by atoms with E-state index in [0.717, 1.165) is 18.6 Å². The van der Waals surface area contributed by atoms with Gasteiger partial charge in [0.15, 0.2) is 5.65 Å². The molecule has 0 aliphatic rings. The summed E-state index contributed by atoms with van der Waals surface area (Å²) in [6, 6.07) is 4.40. The molecule has 0 saturated carbocycles. The molecule has 1 atom stereocenters. The van der Waals surface area contributed by atoms with E-state index < -0.39 is 0 Å². The molecular weight excluding hydrogens is 226 g/mol. The van der Waals surface area contributed by atoms with E-state index in [1.807, 2.05) is 29.8 Å². The fraction of sp³-hybridized carbons (Fsp3) is 0.538. The van der Waals surface area contributed by atoms with Crippen molar-refractivity contribution in [3.05, 3.63) is 23.9 Å². The minimum Gasteiger partial charge on any atom is -0.350 e. The van der Waals surface area contributed by atoms with E-state index in [4.69, 9.17) is 0 Å². The van der Waals surface area contributed by atoms with Crippen LogP contribution in [0.3, 0.4) is 0 Å². The highest BCUT2D eigenvalue weighted by molar-refractivity contribution is 5.44. The average Bonchev–Trinajstić information content (AvgIpc) is 2.67. The Bertz CT molecular complexity index is 517. The molecule has 1 N–H and O–H groups in total. The van der Waals surface area contributed by atoms with Crippen molar-refractivity contribution in [2.75, 3.05) is 26.0 Å². The molecule has 0 aliphatic heterocycles. The van der Waals surface area contributed by atoms with Crippen LogP contribution in [-0.4, -0.2) is 46.2 Å². The Kier molecular flexibility index (Phi) is 3.81. The van der Waals surface area contributed by atoms with Crippen LogP contribution in [0.25, 0.3) is 5.65 Å². The number of aryl methyl sites for hydroxylation is 1. The molecule has 5 nitrogen and oxygen atoms in total. The first-order valence-electron chi connectivity index (χ1n) is 6.29. The zero-order chi connectivity index (χ0) is 13.1. The normalized spacial score (nSPS) is 13.2. The SMILES string of the molecule is Cc1ccc2nc(NC(C)CCN(C)C)nn2c1. The summed E-state index contributed by atoms with van der Waals surface area (Å²) in [4.78, 5) is 6.63. The second-order valence-electron chi connectivity index (χ2n) is 5.08. The predicted octanol–water partition coefficient (Wildman–Crippen LogP) is 1.79. The van der Waals surface area contributed by atoms with Gasteiger partial charge in [-0.1, -0.05) is 6.07 Å². The molecule has 0 spiro atoms. The van der Waals surface area contributed by atoms with E-state index in [2.05, 4.69) is 41.3 Å². The molecular formula is C13H21N5. The Morgan fingerprint density at radius 2 is 2.17 bits per heavy atom. The van der Waals surface area contributed by atoms with E-state index in [0.29, 0.717) is 12.0 Å². The Hall–Kier alpha value is -1.62. The van der Waals surface area contributed by atoms with Gasteiger partial charge in [0.05, 0.1) is 0 Å². The van der Waals surface area contributed by atoms with Crippen molar-refractivity contribution in [2.24, 2.45) is 0 Å². The van der Waals surface area contributed by atoms with Crippen LogP contribution < -0.4 is 5.32 Å². The summed E-state index contributed by atoms with van der Waals surface area (Å²) >= 11 is 0. The van der Waals surface area contributed by atoms with Crippen molar-refractivity contribution < 1.29 is 0 Å². The second-order valence-corrected chi connectivity index (χ2v) is 5.08. The van der Waals surface area contributed by atoms with Crippen LogP contribution in [0, 0.1) is 6.92 Å². The summed E-state index contributed by atoms with van der Waals surface area (Å²) < 4.78 is 1.82.